The molecule has 1 unspecified atom stereocenters. The van der Waals surface area contributed by atoms with E-state index >= 15 is 0 Å². The van der Waals surface area contributed by atoms with Crippen LogP contribution in [0.4, 0.5) is 0 Å². The van der Waals surface area contributed by atoms with Crippen molar-refractivity contribution in [2.24, 2.45) is 5.73 Å². The van der Waals surface area contributed by atoms with Gasteiger partial charge in [-0.25, -0.2) is 4.79 Å². The zero-order chi connectivity index (χ0) is 20.2. The van der Waals surface area contributed by atoms with Crippen molar-refractivity contribution in [2.75, 3.05) is 13.2 Å². The number of hydrogen-bond donors (Lipinski definition) is 3. The van der Waals surface area contributed by atoms with Crippen LogP contribution in [0.3, 0.4) is 0 Å². The average Bonchev–Trinajstić information content (AvgIpc) is 2.71. The number of aliphatic carboxylic acids is 1. The number of ether oxygens (including phenoxy) is 1. The average molecular weight is 421 g/mol. The van der Waals surface area contributed by atoms with Crippen molar-refractivity contribution in [1.29, 1.82) is 0 Å². The zero-order valence-electron chi connectivity index (χ0n) is 16.4. The molecule has 0 aliphatic rings. The third-order valence-electron chi connectivity index (χ3n) is 4.37. The molecule has 4 N–H and O–H groups in total. The summed E-state index contributed by atoms with van der Waals surface area (Å²) >= 11 is 0. The number of halogens is 1. The van der Waals surface area contributed by atoms with Gasteiger partial charge in [-0.2, -0.15) is 0 Å². The van der Waals surface area contributed by atoms with E-state index in [1.54, 1.807) is 30.3 Å². The minimum Gasteiger partial charge on any atom is -0.494 e. The van der Waals surface area contributed by atoms with E-state index in [1.165, 1.54) is 0 Å². The molecule has 0 saturated carbocycles. The lowest BCUT2D eigenvalue weighted by molar-refractivity contribution is -0.139. The number of unbranched alkanes of at least 4 members (excludes halogenated alkanes) is 3. The van der Waals surface area contributed by atoms with Gasteiger partial charge < -0.3 is 20.9 Å². The van der Waals surface area contributed by atoms with E-state index in [2.05, 4.69) is 5.32 Å². The Bertz CT molecular complexity index is 738. The second-order valence-electron chi connectivity index (χ2n) is 6.63. The number of carboxylic acids is 1. The van der Waals surface area contributed by atoms with E-state index in [4.69, 9.17) is 10.5 Å². The normalized spacial score (nSPS) is 11.2. The first-order chi connectivity index (χ1) is 13.6. The molecule has 0 fully saturated rings. The summed E-state index contributed by atoms with van der Waals surface area (Å²) in [4.78, 5) is 23.8. The van der Waals surface area contributed by atoms with Crippen LogP contribution < -0.4 is 15.8 Å². The van der Waals surface area contributed by atoms with Crippen LogP contribution in [0.25, 0.3) is 0 Å². The van der Waals surface area contributed by atoms with Gasteiger partial charge in [0, 0.05) is 12.0 Å². The van der Waals surface area contributed by atoms with Gasteiger partial charge in [0.05, 0.1) is 6.61 Å². The Kier molecular flexibility index (Phi) is 11.5. The SMILES string of the molecule is Cl.NCCCCCCOc1ccc(CC(NC(=O)c2ccccc2)C(=O)O)cc1. The monoisotopic (exact) mass is 420 g/mol. The predicted octanol–water partition coefficient (Wildman–Crippen LogP) is 3.43. The molecule has 6 nitrogen and oxygen atoms in total. The summed E-state index contributed by atoms with van der Waals surface area (Å²) in [6.45, 7) is 1.38. The molecule has 0 saturated heterocycles. The molecule has 0 aliphatic carbocycles. The molecule has 0 radical (unpaired) electrons. The number of carboxylic acid groups (broad SMARTS) is 1. The molecular formula is C22H29ClN2O4. The lowest BCUT2D eigenvalue weighted by Gasteiger charge is -2.15. The second kappa shape index (κ2) is 13.6. The van der Waals surface area contributed by atoms with Gasteiger partial charge >= 0.3 is 5.97 Å². The fraction of sp³-hybridized carbons (Fsp3) is 0.364. The van der Waals surface area contributed by atoms with Gasteiger partial charge in [-0.15, -0.1) is 12.4 Å². The molecule has 29 heavy (non-hydrogen) atoms. The lowest BCUT2D eigenvalue weighted by atomic mass is 10.1. The highest BCUT2D eigenvalue weighted by Crippen LogP contribution is 2.15. The summed E-state index contributed by atoms with van der Waals surface area (Å²) in [5, 5.41) is 12.0. The Balaban J connectivity index is 0.00000420. The van der Waals surface area contributed by atoms with Crippen LogP contribution in [0.1, 0.15) is 41.6 Å². The molecule has 2 rings (SSSR count). The Morgan fingerprint density at radius 1 is 0.966 bits per heavy atom. The quantitative estimate of drug-likeness (QED) is 0.456. The highest BCUT2D eigenvalue weighted by atomic mass is 35.5. The maximum absolute atomic E-state index is 12.2. The number of carbonyl (C=O) groups is 2. The van der Waals surface area contributed by atoms with Crippen molar-refractivity contribution in [3.63, 3.8) is 0 Å². The number of nitrogens with two attached hydrogens (primary N) is 1. The Hall–Kier alpha value is -2.57. The lowest BCUT2D eigenvalue weighted by Crippen LogP contribution is -2.42. The minimum atomic E-state index is -1.07. The fourth-order valence-corrected chi connectivity index (χ4v) is 2.78. The van der Waals surface area contributed by atoms with Gasteiger partial charge in [0.25, 0.3) is 5.91 Å². The molecule has 0 aromatic heterocycles. The van der Waals surface area contributed by atoms with Crippen molar-refractivity contribution in [3.05, 3.63) is 65.7 Å². The summed E-state index contributed by atoms with van der Waals surface area (Å²) in [7, 11) is 0. The molecule has 7 heteroatoms. The second-order valence-corrected chi connectivity index (χ2v) is 6.63. The number of amides is 1. The van der Waals surface area contributed by atoms with E-state index in [0.717, 1.165) is 43.5 Å². The highest BCUT2D eigenvalue weighted by Gasteiger charge is 2.21. The molecule has 0 bridgehead atoms. The number of nitrogens with one attached hydrogen (secondary N) is 1. The Labute approximate surface area is 177 Å². The van der Waals surface area contributed by atoms with Crippen LogP contribution in [-0.2, 0) is 11.2 Å². The number of benzene rings is 2. The van der Waals surface area contributed by atoms with Crippen LogP contribution in [0.5, 0.6) is 5.75 Å². The molecule has 158 valence electrons. The molecule has 0 aliphatic heterocycles. The first-order valence-corrected chi connectivity index (χ1v) is 9.60. The smallest absolute Gasteiger partial charge is 0.326 e. The molecule has 2 aromatic rings. The summed E-state index contributed by atoms with van der Waals surface area (Å²) in [5.41, 5.74) is 6.72. The van der Waals surface area contributed by atoms with E-state index in [1.807, 2.05) is 24.3 Å². The van der Waals surface area contributed by atoms with Crippen LogP contribution in [0.15, 0.2) is 54.6 Å². The van der Waals surface area contributed by atoms with Crippen molar-refractivity contribution in [1.82, 2.24) is 5.32 Å². The topological polar surface area (TPSA) is 102 Å². The summed E-state index contributed by atoms with van der Waals surface area (Å²) in [6, 6.07) is 14.9. The van der Waals surface area contributed by atoms with Gasteiger partial charge in [0.1, 0.15) is 11.8 Å². The predicted molar refractivity (Wildman–Crippen MR) is 116 cm³/mol. The third kappa shape index (κ3) is 8.98. The summed E-state index contributed by atoms with van der Waals surface area (Å²) < 4.78 is 5.70. The van der Waals surface area contributed by atoms with Crippen LogP contribution in [-0.4, -0.2) is 36.2 Å². The van der Waals surface area contributed by atoms with E-state index in [-0.39, 0.29) is 18.8 Å². The van der Waals surface area contributed by atoms with Gasteiger partial charge in [-0.3, -0.25) is 4.79 Å². The number of rotatable bonds is 12. The summed E-state index contributed by atoms with van der Waals surface area (Å²) in [5.74, 6) is -0.715. The molecule has 0 spiro atoms. The minimum absolute atomic E-state index is 0. The maximum Gasteiger partial charge on any atom is 0.326 e. The van der Waals surface area contributed by atoms with Crippen molar-refractivity contribution in [3.8, 4) is 5.75 Å². The zero-order valence-corrected chi connectivity index (χ0v) is 17.2. The molecular weight excluding hydrogens is 392 g/mol. The largest absolute Gasteiger partial charge is 0.494 e. The molecule has 1 amide bonds. The highest BCUT2D eigenvalue weighted by molar-refractivity contribution is 5.96. The Morgan fingerprint density at radius 2 is 1.62 bits per heavy atom. The van der Waals surface area contributed by atoms with Gasteiger partial charge in [0.15, 0.2) is 0 Å². The molecule has 2 aromatic carbocycles. The van der Waals surface area contributed by atoms with Gasteiger partial charge in [0.2, 0.25) is 0 Å². The van der Waals surface area contributed by atoms with Gasteiger partial charge in [-0.1, -0.05) is 43.2 Å². The fourth-order valence-electron chi connectivity index (χ4n) is 2.78. The van der Waals surface area contributed by atoms with Crippen LogP contribution >= 0.6 is 12.4 Å². The van der Waals surface area contributed by atoms with Crippen molar-refractivity contribution >= 4 is 24.3 Å². The first-order valence-electron chi connectivity index (χ1n) is 9.60. The van der Waals surface area contributed by atoms with Crippen LogP contribution in [0, 0.1) is 0 Å². The van der Waals surface area contributed by atoms with Crippen molar-refractivity contribution < 1.29 is 19.4 Å². The molecule has 0 heterocycles. The van der Waals surface area contributed by atoms with Crippen LogP contribution in [0.2, 0.25) is 0 Å². The molecule has 1 atom stereocenters. The standard InChI is InChI=1S/C22H28N2O4.ClH/c23-14-6-1-2-7-15-28-19-12-10-17(11-13-19)16-20(22(26)27)24-21(25)18-8-4-3-5-9-18;/h3-5,8-13,20H,1-2,6-7,14-16,23H2,(H,24,25)(H,26,27);1H. The van der Waals surface area contributed by atoms with Crippen molar-refractivity contribution in [2.45, 2.75) is 38.1 Å². The number of carbonyl (C=O) groups excluding carboxylic acids is 1. The van der Waals surface area contributed by atoms with Gasteiger partial charge in [-0.05, 0) is 49.2 Å². The third-order valence-corrected chi connectivity index (χ3v) is 4.37. The maximum atomic E-state index is 12.2. The van der Waals surface area contributed by atoms with E-state index in [0.29, 0.717) is 12.2 Å². The first kappa shape index (κ1) is 24.5. The summed E-state index contributed by atoms with van der Waals surface area (Å²) in [6.07, 6.45) is 4.43. The Morgan fingerprint density at radius 3 is 2.24 bits per heavy atom. The van der Waals surface area contributed by atoms with E-state index in [9.17, 15) is 14.7 Å². The van der Waals surface area contributed by atoms with E-state index < -0.39 is 17.9 Å². The number of hydrogen-bond acceptors (Lipinski definition) is 4.